The highest BCUT2D eigenvalue weighted by Crippen LogP contribution is 2.30. The van der Waals surface area contributed by atoms with E-state index in [9.17, 15) is 0 Å². The van der Waals surface area contributed by atoms with Crippen molar-refractivity contribution in [2.75, 3.05) is 5.73 Å². The average molecular weight is 210 g/mol. The Labute approximate surface area is 92.1 Å². The van der Waals surface area contributed by atoms with Gasteiger partial charge in [-0.3, -0.25) is 10.1 Å². The van der Waals surface area contributed by atoms with Gasteiger partial charge in [-0.1, -0.05) is 12.1 Å². The minimum Gasteiger partial charge on any atom is -0.382 e. The summed E-state index contributed by atoms with van der Waals surface area (Å²) in [5.74, 6) is 0.530. The molecule has 4 nitrogen and oxygen atoms in total. The van der Waals surface area contributed by atoms with Gasteiger partial charge in [0.25, 0.3) is 0 Å². The monoisotopic (exact) mass is 210 g/mol. The minimum absolute atomic E-state index is 0.530. The van der Waals surface area contributed by atoms with Gasteiger partial charge in [0, 0.05) is 12.4 Å². The molecule has 16 heavy (non-hydrogen) atoms. The first-order valence-corrected chi connectivity index (χ1v) is 4.99. The lowest BCUT2D eigenvalue weighted by atomic mass is 10.0. The largest absolute Gasteiger partial charge is 0.382 e. The number of rotatable bonds is 1. The number of pyridine rings is 1. The standard InChI is InChI=1S/C12H10N4/c13-12-11-9(8-4-6-14-7-5-8)2-1-3-10(11)15-16-12/h1-7H,(H3,13,15,16). The van der Waals surface area contributed by atoms with Crippen molar-refractivity contribution in [3.63, 3.8) is 0 Å². The molecule has 0 aliphatic heterocycles. The molecule has 0 amide bonds. The first kappa shape index (κ1) is 8.91. The smallest absolute Gasteiger partial charge is 0.153 e. The maximum atomic E-state index is 5.86. The molecule has 0 bridgehead atoms. The lowest BCUT2D eigenvalue weighted by molar-refractivity contribution is 1.13. The van der Waals surface area contributed by atoms with E-state index in [1.54, 1.807) is 12.4 Å². The predicted molar refractivity (Wildman–Crippen MR) is 63.7 cm³/mol. The van der Waals surface area contributed by atoms with E-state index in [1.807, 2.05) is 30.3 Å². The van der Waals surface area contributed by atoms with Gasteiger partial charge in [0.2, 0.25) is 0 Å². The van der Waals surface area contributed by atoms with E-state index in [0.717, 1.165) is 22.0 Å². The maximum Gasteiger partial charge on any atom is 0.153 e. The molecule has 0 fully saturated rings. The molecular weight excluding hydrogens is 200 g/mol. The summed E-state index contributed by atoms with van der Waals surface area (Å²) in [5, 5.41) is 7.89. The van der Waals surface area contributed by atoms with Gasteiger partial charge >= 0.3 is 0 Å². The van der Waals surface area contributed by atoms with Crippen LogP contribution in [0.3, 0.4) is 0 Å². The summed E-state index contributed by atoms with van der Waals surface area (Å²) in [6.45, 7) is 0. The molecule has 0 radical (unpaired) electrons. The van der Waals surface area contributed by atoms with Crippen LogP contribution in [0.5, 0.6) is 0 Å². The Hall–Kier alpha value is -2.36. The molecule has 3 rings (SSSR count). The van der Waals surface area contributed by atoms with E-state index in [0.29, 0.717) is 5.82 Å². The number of aromatic amines is 1. The lowest BCUT2D eigenvalue weighted by Gasteiger charge is -2.02. The zero-order valence-corrected chi connectivity index (χ0v) is 8.51. The topological polar surface area (TPSA) is 67.6 Å². The van der Waals surface area contributed by atoms with Gasteiger partial charge < -0.3 is 5.73 Å². The molecule has 0 saturated carbocycles. The molecule has 0 unspecified atom stereocenters. The van der Waals surface area contributed by atoms with Crippen LogP contribution in [0.15, 0.2) is 42.7 Å². The van der Waals surface area contributed by atoms with E-state index in [2.05, 4.69) is 15.2 Å². The third-order valence-electron chi connectivity index (χ3n) is 2.61. The highest BCUT2D eigenvalue weighted by Gasteiger charge is 2.08. The van der Waals surface area contributed by atoms with Gasteiger partial charge in [0.15, 0.2) is 5.82 Å². The van der Waals surface area contributed by atoms with Crippen molar-refractivity contribution in [2.45, 2.75) is 0 Å². The zero-order chi connectivity index (χ0) is 11.0. The molecule has 3 aromatic rings. The number of nitrogens with two attached hydrogens (primary N) is 1. The molecule has 3 N–H and O–H groups in total. The van der Waals surface area contributed by atoms with Crippen LogP contribution in [-0.2, 0) is 0 Å². The lowest BCUT2D eigenvalue weighted by Crippen LogP contribution is -1.86. The highest BCUT2D eigenvalue weighted by molar-refractivity contribution is 6.01. The molecule has 0 aliphatic carbocycles. The molecule has 0 spiro atoms. The van der Waals surface area contributed by atoms with Crippen molar-refractivity contribution in [3.05, 3.63) is 42.7 Å². The molecule has 2 aromatic heterocycles. The summed E-state index contributed by atoms with van der Waals surface area (Å²) in [5.41, 5.74) is 8.97. The molecule has 78 valence electrons. The third-order valence-corrected chi connectivity index (χ3v) is 2.61. The van der Waals surface area contributed by atoms with Crippen LogP contribution in [0.25, 0.3) is 22.0 Å². The summed E-state index contributed by atoms with van der Waals surface area (Å²) in [6.07, 6.45) is 3.54. The van der Waals surface area contributed by atoms with E-state index in [4.69, 9.17) is 5.73 Å². The first-order valence-electron chi connectivity index (χ1n) is 4.99. The Kier molecular flexibility index (Phi) is 1.86. The quantitative estimate of drug-likeness (QED) is 0.647. The van der Waals surface area contributed by atoms with Crippen LogP contribution in [0.2, 0.25) is 0 Å². The molecule has 4 heteroatoms. The normalized spacial score (nSPS) is 10.8. The number of nitrogen functional groups attached to an aromatic ring is 1. The van der Waals surface area contributed by atoms with Gasteiger partial charge in [-0.25, -0.2) is 0 Å². The Morgan fingerprint density at radius 2 is 1.88 bits per heavy atom. The van der Waals surface area contributed by atoms with Crippen LogP contribution in [0, 0.1) is 0 Å². The van der Waals surface area contributed by atoms with Crippen LogP contribution in [0.1, 0.15) is 0 Å². The van der Waals surface area contributed by atoms with Gasteiger partial charge in [-0.2, -0.15) is 5.10 Å². The third kappa shape index (κ3) is 1.24. The molecule has 0 aliphatic rings. The predicted octanol–water partition coefficient (Wildman–Crippen LogP) is 2.21. The molecule has 0 saturated heterocycles. The summed E-state index contributed by atoms with van der Waals surface area (Å²) in [6, 6.07) is 9.89. The fourth-order valence-corrected chi connectivity index (χ4v) is 1.87. The van der Waals surface area contributed by atoms with Gasteiger partial charge in [-0.05, 0) is 29.3 Å². The summed E-state index contributed by atoms with van der Waals surface area (Å²) in [4.78, 5) is 4.01. The Bertz CT molecular complexity index is 628. The number of benzene rings is 1. The number of hydrogen-bond acceptors (Lipinski definition) is 3. The van der Waals surface area contributed by atoms with Crippen LogP contribution < -0.4 is 5.73 Å². The Morgan fingerprint density at radius 1 is 1.06 bits per heavy atom. The zero-order valence-electron chi connectivity index (χ0n) is 8.51. The van der Waals surface area contributed by atoms with E-state index in [-0.39, 0.29) is 0 Å². The van der Waals surface area contributed by atoms with Crippen molar-refractivity contribution in [2.24, 2.45) is 0 Å². The summed E-state index contributed by atoms with van der Waals surface area (Å²) < 4.78 is 0. The van der Waals surface area contributed by atoms with Crippen LogP contribution in [0.4, 0.5) is 5.82 Å². The first-order chi connectivity index (χ1) is 7.86. The second kappa shape index (κ2) is 3.34. The number of H-pyrrole nitrogens is 1. The number of nitrogens with zero attached hydrogens (tertiary/aromatic N) is 2. The van der Waals surface area contributed by atoms with Gasteiger partial charge in [0.05, 0.1) is 10.9 Å². The maximum absolute atomic E-state index is 5.86. The van der Waals surface area contributed by atoms with Crippen molar-refractivity contribution in [3.8, 4) is 11.1 Å². The molecular formula is C12H10N4. The fraction of sp³-hybridized carbons (Fsp3) is 0. The number of nitrogens with one attached hydrogen (secondary N) is 1. The Balaban J connectivity index is 2.36. The van der Waals surface area contributed by atoms with Crippen LogP contribution >= 0.6 is 0 Å². The van der Waals surface area contributed by atoms with Gasteiger partial charge in [0.1, 0.15) is 0 Å². The second-order valence-electron chi connectivity index (χ2n) is 3.57. The number of aromatic nitrogens is 3. The van der Waals surface area contributed by atoms with Crippen molar-refractivity contribution >= 4 is 16.7 Å². The summed E-state index contributed by atoms with van der Waals surface area (Å²) >= 11 is 0. The van der Waals surface area contributed by atoms with E-state index < -0.39 is 0 Å². The fourth-order valence-electron chi connectivity index (χ4n) is 1.87. The van der Waals surface area contributed by atoms with E-state index in [1.165, 1.54) is 0 Å². The highest BCUT2D eigenvalue weighted by atomic mass is 15.1. The number of fused-ring (bicyclic) bond motifs is 1. The molecule has 1 aromatic carbocycles. The number of hydrogen-bond donors (Lipinski definition) is 2. The molecule has 2 heterocycles. The number of anilines is 1. The van der Waals surface area contributed by atoms with Crippen molar-refractivity contribution < 1.29 is 0 Å². The Morgan fingerprint density at radius 3 is 2.69 bits per heavy atom. The van der Waals surface area contributed by atoms with Crippen molar-refractivity contribution in [1.82, 2.24) is 15.2 Å². The van der Waals surface area contributed by atoms with Crippen molar-refractivity contribution in [1.29, 1.82) is 0 Å². The van der Waals surface area contributed by atoms with Crippen LogP contribution in [-0.4, -0.2) is 15.2 Å². The SMILES string of the molecule is Nc1n[nH]c2cccc(-c3ccncc3)c12. The summed E-state index contributed by atoms with van der Waals surface area (Å²) in [7, 11) is 0. The molecule has 0 atom stereocenters. The van der Waals surface area contributed by atoms with E-state index >= 15 is 0 Å². The average Bonchev–Trinajstić information content (AvgIpc) is 2.73. The minimum atomic E-state index is 0.530. The second-order valence-corrected chi connectivity index (χ2v) is 3.57. The van der Waals surface area contributed by atoms with Gasteiger partial charge in [-0.15, -0.1) is 0 Å².